The predicted octanol–water partition coefficient (Wildman–Crippen LogP) is 4.97. The number of carboxylic acids is 1. The van der Waals surface area contributed by atoms with Gasteiger partial charge in [0.2, 0.25) is 5.91 Å². The van der Waals surface area contributed by atoms with Crippen molar-refractivity contribution in [1.29, 1.82) is 0 Å². The van der Waals surface area contributed by atoms with Crippen LogP contribution in [-0.4, -0.2) is 63.0 Å². The summed E-state index contributed by atoms with van der Waals surface area (Å²) in [5.41, 5.74) is 0.964. The second-order valence-corrected chi connectivity index (χ2v) is 11.7. The van der Waals surface area contributed by atoms with Gasteiger partial charge < -0.3 is 25.2 Å². The average Bonchev–Trinajstić information content (AvgIpc) is 3.40. The predicted molar refractivity (Wildman–Crippen MR) is 157 cm³/mol. The minimum atomic E-state index is -0.965. The summed E-state index contributed by atoms with van der Waals surface area (Å²) < 4.78 is 5.62. The summed E-state index contributed by atoms with van der Waals surface area (Å²) in [4.78, 5) is 55.7. The van der Waals surface area contributed by atoms with Crippen LogP contribution in [0, 0.1) is 11.8 Å². The van der Waals surface area contributed by atoms with Gasteiger partial charge in [-0.15, -0.1) is 11.3 Å². The fraction of sp³-hybridized carbons (Fsp3) is 0.567. The first-order chi connectivity index (χ1) is 19.3. The lowest BCUT2D eigenvalue weighted by Crippen LogP contribution is -2.41. The molecule has 0 aliphatic heterocycles. The Kier molecular flexibility index (Phi) is 13.2. The Morgan fingerprint density at radius 1 is 1.10 bits per heavy atom. The minimum absolute atomic E-state index is 0.0293. The van der Waals surface area contributed by atoms with Crippen molar-refractivity contribution in [3.05, 3.63) is 45.9 Å². The van der Waals surface area contributed by atoms with Crippen molar-refractivity contribution < 1.29 is 34.1 Å². The van der Waals surface area contributed by atoms with E-state index in [9.17, 15) is 29.4 Å². The van der Waals surface area contributed by atoms with Gasteiger partial charge >= 0.3 is 11.9 Å². The Bertz CT molecular complexity index is 1170. The van der Waals surface area contributed by atoms with Crippen molar-refractivity contribution in [3.63, 3.8) is 0 Å². The number of hydrogen-bond acceptors (Lipinski definition) is 8. The number of phenolic OH excluding ortho intramolecular Hbond substituents is 1. The smallest absolute Gasteiger partial charge is 0.306 e. The van der Waals surface area contributed by atoms with Gasteiger partial charge in [0.25, 0.3) is 5.91 Å². The first-order valence-corrected chi connectivity index (χ1v) is 14.9. The molecule has 0 saturated carbocycles. The highest BCUT2D eigenvalue weighted by Gasteiger charge is 2.31. The molecule has 0 spiro atoms. The van der Waals surface area contributed by atoms with Crippen LogP contribution < -0.4 is 5.32 Å². The summed E-state index contributed by atoms with van der Waals surface area (Å²) in [5, 5.41) is 23.9. The number of carbonyl (C=O) groups excluding carboxylic acids is 3. The van der Waals surface area contributed by atoms with E-state index in [0.717, 1.165) is 18.4 Å². The standard InChI is InChI=1S/C30H43N3O7S/c1-7-8-9-27(36)33(6)25(18(2)3)16-26(40-20(5)34)29-32-24(17-41-29)28(37)31-22(14-19(4)30(38)39)15-21-10-12-23(35)13-11-21/h10-13,17-19,22,25-26,35H,7-9,14-16H2,1-6H3,(H,31,37)(H,38,39)/t19?,22?,25-,26?/m1/s1. The first-order valence-electron chi connectivity index (χ1n) is 14.0. The lowest BCUT2D eigenvalue weighted by molar-refractivity contribution is -0.148. The summed E-state index contributed by atoms with van der Waals surface area (Å²) in [5.74, 6) is -2.39. The lowest BCUT2D eigenvalue weighted by atomic mass is 9.96. The Hall–Kier alpha value is -3.47. The molecule has 2 amide bonds. The number of nitrogens with zero attached hydrogens (tertiary/aromatic N) is 2. The van der Waals surface area contributed by atoms with Crippen LogP contribution in [0.3, 0.4) is 0 Å². The molecule has 0 aliphatic carbocycles. The van der Waals surface area contributed by atoms with Crippen LogP contribution in [0.15, 0.2) is 29.6 Å². The van der Waals surface area contributed by atoms with Gasteiger partial charge in [0.15, 0.2) is 6.10 Å². The number of benzene rings is 1. The number of phenols is 1. The van der Waals surface area contributed by atoms with Crippen molar-refractivity contribution in [2.45, 2.75) is 91.3 Å². The molecule has 3 unspecified atom stereocenters. The number of thiazole rings is 1. The maximum Gasteiger partial charge on any atom is 0.306 e. The number of aromatic nitrogens is 1. The molecule has 1 heterocycles. The zero-order chi connectivity index (χ0) is 30.7. The SMILES string of the molecule is CCCCC(=O)N(C)[C@H](CC(OC(C)=O)c1nc(C(=O)NC(Cc2ccc(O)cc2)CC(C)C(=O)O)cs1)C(C)C. The van der Waals surface area contributed by atoms with Crippen LogP contribution in [0.5, 0.6) is 5.75 Å². The molecule has 0 radical (unpaired) electrons. The molecule has 0 aliphatic rings. The van der Waals surface area contributed by atoms with Gasteiger partial charge in [-0.05, 0) is 42.9 Å². The zero-order valence-corrected chi connectivity index (χ0v) is 25.6. The number of unbranched alkanes of at least 4 members (excludes halogenated alkanes) is 1. The van der Waals surface area contributed by atoms with Gasteiger partial charge in [0.1, 0.15) is 16.5 Å². The molecule has 3 N–H and O–H groups in total. The number of nitrogens with one attached hydrogen (secondary N) is 1. The zero-order valence-electron chi connectivity index (χ0n) is 24.8. The van der Waals surface area contributed by atoms with Gasteiger partial charge in [0.05, 0.1) is 5.92 Å². The van der Waals surface area contributed by atoms with Gasteiger partial charge in [0, 0.05) is 44.3 Å². The second kappa shape index (κ2) is 16.1. The monoisotopic (exact) mass is 589 g/mol. The number of aromatic hydroxyl groups is 1. The van der Waals surface area contributed by atoms with Crippen molar-refractivity contribution in [1.82, 2.24) is 15.2 Å². The lowest BCUT2D eigenvalue weighted by Gasteiger charge is -2.33. The average molecular weight is 590 g/mol. The Balaban J connectivity index is 2.24. The third-order valence-corrected chi connectivity index (χ3v) is 7.95. The summed E-state index contributed by atoms with van der Waals surface area (Å²) >= 11 is 1.19. The highest BCUT2D eigenvalue weighted by Crippen LogP contribution is 2.30. The number of aliphatic carboxylic acids is 1. The van der Waals surface area contributed by atoms with E-state index in [-0.39, 0.29) is 35.7 Å². The van der Waals surface area contributed by atoms with Crippen LogP contribution in [0.2, 0.25) is 0 Å². The van der Waals surface area contributed by atoms with Crippen LogP contribution in [-0.2, 0) is 25.5 Å². The molecule has 1 aromatic heterocycles. The number of hydrogen-bond donors (Lipinski definition) is 3. The second-order valence-electron chi connectivity index (χ2n) is 10.8. The van der Waals surface area contributed by atoms with Gasteiger partial charge in [-0.25, -0.2) is 4.98 Å². The molecule has 41 heavy (non-hydrogen) atoms. The van der Waals surface area contributed by atoms with E-state index in [1.54, 1.807) is 36.4 Å². The molecule has 0 saturated heterocycles. The molecule has 0 fully saturated rings. The molecule has 1 aromatic carbocycles. The quantitative estimate of drug-likeness (QED) is 0.233. The molecule has 4 atom stereocenters. The number of carboxylic acid groups (broad SMARTS) is 1. The fourth-order valence-electron chi connectivity index (χ4n) is 4.62. The molecule has 11 heteroatoms. The summed E-state index contributed by atoms with van der Waals surface area (Å²) in [7, 11) is 1.76. The molecule has 2 aromatic rings. The number of rotatable bonds is 16. The number of carbonyl (C=O) groups is 4. The molecule has 226 valence electrons. The first kappa shape index (κ1) is 33.7. The number of amides is 2. The third-order valence-electron chi connectivity index (χ3n) is 7.01. The van der Waals surface area contributed by atoms with Crippen molar-refractivity contribution in [2.24, 2.45) is 11.8 Å². The van der Waals surface area contributed by atoms with Gasteiger partial charge in [-0.2, -0.15) is 0 Å². The van der Waals surface area contributed by atoms with E-state index in [1.165, 1.54) is 30.4 Å². The Morgan fingerprint density at radius 2 is 1.76 bits per heavy atom. The van der Waals surface area contributed by atoms with Crippen LogP contribution >= 0.6 is 11.3 Å². The largest absolute Gasteiger partial charge is 0.508 e. The highest BCUT2D eigenvalue weighted by molar-refractivity contribution is 7.09. The summed E-state index contributed by atoms with van der Waals surface area (Å²) in [6, 6.07) is 5.81. The Morgan fingerprint density at radius 3 is 2.32 bits per heavy atom. The van der Waals surface area contributed by atoms with Crippen LogP contribution in [0.25, 0.3) is 0 Å². The van der Waals surface area contributed by atoms with Crippen molar-refractivity contribution in [3.8, 4) is 5.75 Å². The fourth-order valence-corrected chi connectivity index (χ4v) is 5.46. The summed E-state index contributed by atoms with van der Waals surface area (Å²) in [6.45, 7) is 8.94. The maximum atomic E-state index is 13.2. The van der Waals surface area contributed by atoms with E-state index in [1.807, 2.05) is 20.8 Å². The molecular weight excluding hydrogens is 546 g/mol. The molecular formula is C30H43N3O7S. The molecule has 2 rings (SSSR count). The maximum absolute atomic E-state index is 13.2. The van der Waals surface area contributed by atoms with Crippen LogP contribution in [0.4, 0.5) is 0 Å². The van der Waals surface area contributed by atoms with E-state index in [2.05, 4.69) is 10.3 Å². The van der Waals surface area contributed by atoms with E-state index in [0.29, 0.717) is 24.3 Å². The van der Waals surface area contributed by atoms with Crippen molar-refractivity contribution >= 4 is 35.1 Å². The highest BCUT2D eigenvalue weighted by atomic mass is 32.1. The number of esters is 1. The summed E-state index contributed by atoms with van der Waals surface area (Å²) in [6.07, 6.45) is 2.31. The van der Waals surface area contributed by atoms with Crippen LogP contribution in [0.1, 0.15) is 93.9 Å². The molecule has 0 bridgehead atoms. The number of ether oxygens (including phenoxy) is 1. The third kappa shape index (κ3) is 10.8. The minimum Gasteiger partial charge on any atom is -0.508 e. The van der Waals surface area contributed by atoms with Gasteiger partial charge in [-0.1, -0.05) is 46.2 Å². The van der Waals surface area contributed by atoms with E-state index < -0.39 is 35.9 Å². The van der Waals surface area contributed by atoms with Crippen molar-refractivity contribution in [2.75, 3.05) is 7.05 Å². The topological polar surface area (TPSA) is 146 Å². The normalized spacial score (nSPS) is 14.1. The Labute approximate surface area is 246 Å². The van der Waals surface area contributed by atoms with Gasteiger partial charge in [-0.3, -0.25) is 19.2 Å². The van der Waals surface area contributed by atoms with E-state index in [4.69, 9.17) is 4.74 Å². The molecule has 10 nitrogen and oxygen atoms in total. The van der Waals surface area contributed by atoms with E-state index >= 15 is 0 Å².